The third-order valence-electron chi connectivity index (χ3n) is 4.68. The molecule has 3 aromatic rings. The summed E-state index contributed by atoms with van der Waals surface area (Å²) in [5, 5.41) is 37.0. The number of rotatable bonds is 8. The summed E-state index contributed by atoms with van der Waals surface area (Å²) >= 11 is 0. The SMILES string of the molecule is CCCCn1c(=O)c(/C=N/Nc2ccc([N+](=O)[O-])cc2[N+](=O)[O-])c(O)c2ccccc21. The van der Waals surface area contributed by atoms with Gasteiger partial charge in [0.15, 0.2) is 0 Å². The molecule has 11 nitrogen and oxygen atoms in total. The van der Waals surface area contributed by atoms with E-state index >= 15 is 0 Å². The number of hydrogen-bond donors (Lipinski definition) is 2. The summed E-state index contributed by atoms with van der Waals surface area (Å²) in [7, 11) is 0. The van der Waals surface area contributed by atoms with Crippen LogP contribution in [0.1, 0.15) is 25.3 Å². The molecule has 0 spiro atoms. The van der Waals surface area contributed by atoms with Crippen molar-refractivity contribution in [1.82, 2.24) is 4.57 Å². The topological polar surface area (TPSA) is 153 Å². The van der Waals surface area contributed by atoms with Crippen LogP contribution in [0.15, 0.2) is 52.4 Å². The van der Waals surface area contributed by atoms with E-state index < -0.39 is 26.8 Å². The van der Waals surface area contributed by atoms with Crippen LogP contribution < -0.4 is 11.0 Å². The van der Waals surface area contributed by atoms with Gasteiger partial charge in [0.2, 0.25) is 0 Å². The third kappa shape index (κ3) is 4.34. The van der Waals surface area contributed by atoms with E-state index in [1.165, 1.54) is 0 Å². The lowest BCUT2D eigenvalue weighted by atomic mass is 10.1. The smallest absolute Gasteiger partial charge is 0.301 e. The van der Waals surface area contributed by atoms with E-state index in [4.69, 9.17) is 0 Å². The standard InChI is InChI=1S/C20H19N5O6/c1-2-3-10-23-17-7-5-4-6-14(17)19(26)15(20(23)27)12-21-22-16-9-8-13(24(28)29)11-18(16)25(30)31/h4-9,11-12,22,26H,2-3,10H2,1H3/b21-12+. The summed E-state index contributed by atoms with van der Waals surface area (Å²) in [6, 6.07) is 9.97. The Balaban J connectivity index is 2.02. The molecule has 1 heterocycles. The molecule has 0 amide bonds. The minimum atomic E-state index is -0.782. The second-order valence-electron chi connectivity index (χ2n) is 6.68. The van der Waals surface area contributed by atoms with Crippen molar-refractivity contribution in [2.45, 2.75) is 26.3 Å². The van der Waals surface area contributed by atoms with E-state index in [0.29, 0.717) is 17.4 Å². The maximum Gasteiger partial charge on any atom is 0.301 e. The Kier molecular flexibility index (Phi) is 6.24. The molecule has 160 valence electrons. The van der Waals surface area contributed by atoms with Gasteiger partial charge >= 0.3 is 5.69 Å². The predicted molar refractivity (Wildman–Crippen MR) is 116 cm³/mol. The number of nitrogens with one attached hydrogen (secondary N) is 1. The number of hydrogen-bond acceptors (Lipinski definition) is 8. The number of hydrazone groups is 1. The summed E-state index contributed by atoms with van der Waals surface area (Å²) in [4.78, 5) is 33.5. The molecule has 0 unspecified atom stereocenters. The van der Waals surface area contributed by atoms with Crippen LogP contribution in [0.25, 0.3) is 10.9 Å². The number of aryl methyl sites for hydroxylation is 1. The molecule has 11 heteroatoms. The average Bonchev–Trinajstić information content (AvgIpc) is 2.76. The Bertz CT molecular complexity index is 1250. The highest BCUT2D eigenvalue weighted by Crippen LogP contribution is 2.29. The van der Waals surface area contributed by atoms with Crippen LogP contribution in [-0.2, 0) is 6.54 Å². The van der Waals surface area contributed by atoms with Gasteiger partial charge in [-0.2, -0.15) is 5.10 Å². The highest BCUT2D eigenvalue weighted by Gasteiger charge is 2.19. The lowest BCUT2D eigenvalue weighted by molar-refractivity contribution is -0.393. The van der Waals surface area contributed by atoms with Crippen molar-refractivity contribution < 1.29 is 15.0 Å². The van der Waals surface area contributed by atoms with Gasteiger partial charge in [-0.1, -0.05) is 25.5 Å². The summed E-state index contributed by atoms with van der Waals surface area (Å²) in [6.45, 7) is 2.45. The van der Waals surface area contributed by atoms with Gasteiger partial charge in [-0.05, 0) is 24.6 Å². The van der Waals surface area contributed by atoms with Crippen LogP contribution in [0.3, 0.4) is 0 Å². The Hall–Kier alpha value is -4.28. The molecule has 2 aromatic carbocycles. The number of non-ortho nitro benzene ring substituents is 1. The number of fused-ring (bicyclic) bond motifs is 1. The average molecular weight is 425 g/mol. The van der Waals surface area contributed by atoms with Crippen LogP contribution in [0, 0.1) is 20.2 Å². The van der Waals surface area contributed by atoms with Crippen LogP contribution in [-0.4, -0.2) is 25.7 Å². The zero-order valence-corrected chi connectivity index (χ0v) is 16.5. The first-order valence-electron chi connectivity index (χ1n) is 9.41. The van der Waals surface area contributed by atoms with E-state index in [1.54, 1.807) is 28.8 Å². The monoisotopic (exact) mass is 425 g/mol. The number of nitro groups is 2. The largest absolute Gasteiger partial charge is 0.506 e. The Labute approximate surface area is 175 Å². The molecule has 0 bridgehead atoms. The van der Waals surface area contributed by atoms with Gasteiger partial charge in [0, 0.05) is 18.0 Å². The molecule has 0 saturated carbocycles. The number of para-hydroxylation sites is 1. The van der Waals surface area contributed by atoms with Gasteiger partial charge in [-0.15, -0.1) is 0 Å². The van der Waals surface area contributed by atoms with Gasteiger partial charge in [-0.3, -0.25) is 30.4 Å². The first-order valence-corrected chi connectivity index (χ1v) is 9.41. The molecule has 31 heavy (non-hydrogen) atoms. The van der Waals surface area contributed by atoms with Crippen molar-refractivity contribution in [3.8, 4) is 5.75 Å². The molecular formula is C20H19N5O6. The number of nitro benzene ring substituents is 2. The number of nitrogens with zero attached hydrogens (tertiary/aromatic N) is 4. The minimum Gasteiger partial charge on any atom is -0.506 e. The zero-order chi connectivity index (χ0) is 22.5. The van der Waals surface area contributed by atoms with Crippen molar-refractivity contribution in [2.75, 3.05) is 5.43 Å². The van der Waals surface area contributed by atoms with Gasteiger partial charge < -0.3 is 9.67 Å². The summed E-state index contributed by atoms with van der Waals surface area (Å²) in [5.74, 6) is -0.253. The van der Waals surface area contributed by atoms with Crippen LogP contribution in [0.2, 0.25) is 0 Å². The molecule has 0 fully saturated rings. The molecule has 0 radical (unpaired) electrons. The fourth-order valence-corrected chi connectivity index (χ4v) is 3.11. The molecule has 0 aliphatic carbocycles. The molecule has 0 aliphatic heterocycles. The van der Waals surface area contributed by atoms with E-state index in [0.717, 1.165) is 37.3 Å². The number of aromatic hydroxyl groups is 1. The minimum absolute atomic E-state index is 0.0770. The maximum atomic E-state index is 12.9. The van der Waals surface area contributed by atoms with Gasteiger partial charge in [0.25, 0.3) is 11.2 Å². The fourth-order valence-electron chi connectivity index (χ4n) is 3.11. The molecule has 0 aliphatic rings. The zero-order valence-electron chi connectivity index (χ0n) is 16.5. The number of benzene rings is 2. The Morgan fingerprint density at radius 2 is 1.90 bits per heavy atom. The Morgan fingerprint density at radius 3 is 2.58 bits per heavy atom. The summed E-state index contributed by atoms with van der Waals surface area (Å²) < 4.78 is 1.55. The van der Waals surface area contributed by atoms with Gasteiger partial charge in [-0.25, -0.2) is 0 Å². The molecule has 3 rings (SSSR count). The first kappa shape index (κ1) is 21.4. The fraction of sp³-hybridized carbons (Fsp3) is 0.200. The van der Waals surface area contributed by atoms with E-state index in [1.807, 2.05) is 6.92 Å². The van der Waals surface area contributed by atoms with Crippen molar-refractivity contribution in [3.63, 3.8) is 0 Å². The van der Waals surface area contributed by atoms with Crippen LogP contribution in [0.5, 0.6) is 5.75 Å². The van der Waals surface area contributed by atoms with Crippen molar-refractivity contribution in [1.29, 1.82) is 0 Å². The molecule has 1 aromatic heterocycles. The molecular weight excluding hydrogens is 406 g/mol. The number of anilines is 1. The Morgan fingerprint density at radius 1 is 1.16 bits per heavy atom. The number of unbranched alkanes of at least 4 members (excludes halogenated alkanes) is 1. The highest BCUT2D eigenvalue weighted by atomic mass is 16.6. The van der Waals surface area contributed by atoms with Crippen LogP contribution in [0.4, 0.5) is 17.1 Å². The van der Waals surface area contributed by atoms with Crippen molar-refractivity contribution in [3.05, 3.63) is 78.6 Å². The van der Waals surface area contributed by atoms with Crippen molar-refractivity contribution >= 4 is 34.2 Å². The van der Waals surface area contributed by atoms with E-state index in [2.05, 4.69) is 10.5 Å². The first-order chi connectivity index (χ1) is 14.8. The molecule has 2 N–H and O–H groups in total. The van der Waals surface area contributed by atoms with Crippen LogP contribution >= 0.6 is 0 Å². The lowest BCUT2D eigenvalue weighted by Gasteiger charge is -2.13. The third-order valence-corrected chi connectivity index (χ3v) is 4.68. The number of pyridine rings is 1. The maximum absolute atomic E-state index is 12.9. The quantitative estimate of drug-likeness (QED) is 0.316. The molecule has 0 atom stereocenters. The lowest BCUT2D eigenvalue weighted by Crippen LogP contribution is -2.24. The normalized spacial score (nSPS) is 11.1. The number of aromatic nitrogens is 1. The van der Waals surface area contributed by atoms with Gasteiger partial charge in [0.1, 0.15) is 17.0 Å². The van der Waals surface area contributed by atoms with E-state index in [-0.39, 0.29) is 17.0 Å². The second kappa shape index (κ2) is 9.03. The van der Waals surface area contributed by atoms with Crippen molar-refractivity contribution in [2.24, 2.45) is 5.10 Å². The second-order valence-corrected chi connectivity index (χ2v) is 6.68. The van der Waals surface area contributed by atoms with E-state index in [9.17, 15) is 30.1 Å². The summed E-state index contributed by atoms with van der Waals surface area (Å²) in [5.41, 5.74) is 1.40. The van der Waals surface area contributed by atoms with Gasteiger partial charge in [0.05, 0.1) is 27.6 Å². The summed E-state index contributed by atoms with van der Waals surface area (Å²) in [6.07, 6.45) is 2.71. The highest BCUT2D eigenvalue weighted by molar-refractivity contribution is 5.95. The predicted octanol–water partition coefficient (Wildman–Crippen LogP) is 3.77. The molecule has 0 saturated heterocycles.